The number of amides is 3. The maximum Gasteiger partial charge on any atom is 0.262 e. The third-order valence-electron chi connectivity index (χ3n) is 6.40. The van der Waals surface area contributed by atoms with Crippen LogP contribution >= 0.6 is 0 Å². The molecule has 3 amide bonds. The predicted molar refractivity (Wildman–Crippen MR) is 136 cm³/mol. The van der Waals surface area contributed by atoms with Crippen LogP contribution in [0.3, 0.4) is 0 Å². The van der Waals surface area contributed by atoms with Crippen LogP contribution in [0.4, 0.5) is 5.69 Å². The van der Waals surface area contributed by atoms with Gasteiger partial charge < -0.3 is 31.1 Å². The van der Waals surface area contributed by atoms with Gasteiger partial charge in [0, 0.05) is 32.0 Å². The molecule has 35 heavy (non-hydrogen) atoms. The number of aliphatic hydroxyl groups is 1. The fourth-order valence-corrected chi connectivity index (χ4v) is 4.33. The SMILES string of the molecule is CCCCNC(=O)[C@H](C)C[C@H](O)[C@@H](N)CC(C)(C)CC(=O)N1C[C@H](C(=O)NC)Oc2ccccc21. The van der Waals surface area contributed by atoms with E-state index in [0.29, 0.717) is 24.4 Å². The Morgan fingerprint density at radius 1 is 1.29 bits per heavy atom. The number of nitrogens with two attached hydrogens (primary N) is 1. The Bertz CT molecular complexity index is 875. The molecule has 0 aliphatic carbocycles. The first-order valence-electron chi connectivity index (χ1n) is 12.5. The van der Waals surface area contributed by atoms with Crippen molar-refractivity contribution < 1.29 is 24.2 Å². The van der Waals surface area contributed by atoms with Gasteiger partial charge in [0.25, 0.3) is 5.91 Å². The van der Waals surface area contributed by atoms with Gasteiger partial charge in [0.1, 0.15) is 5.75 Å². The minimum Gasteiger partial charge on any atom is -0.477 e. The molecule has 0 unspecified atom stereocenters. The van der Waals surface area contributed by atoms with Crippen LogP contribution in [0.25, 0.3) is 0 Å². The van der Waals surface area contributed by atoms with E-state index in [1.807, 2.05) is 19.9 Å². The van der Waals surface area contributed by atoms with Crippen LogP contribution in [0.1, 0.15) is 59.8 Å². The first-order valence-corrected chi connectivity index (χ1v) is 12.5. The zero-order chi connectivity index (χ0) is 26.2. The quantitative estimate of drug-likeness (QED) is 0.331. The summed E-state index contributed by atoms with van der Waals surface area (Å²) in [4.78, 5) is 39.4. The van der Waals surface area contributed by atoms with E-state index in [1.54, 1.807) is 30.0 Å². The summed E-state index contributed by atoms with van der Waals surface area (Å²) in [6.45, 7) is 8.45. The molecule has 9 nitrogen and oxygen atoms in total. The average Bonchev–Trinajstić information content (AvgIpc) is 2.81. The summed E-state index contributed by atoms with van der Waals surface area (Å²) in [5.41, 5.74) is 6.42. The van der Waals surface area contributed by atoms with Crippen molar-refractivity contribution in [2.45, 2.75) is 78.0 Å². The van der Waals surface area contributed by atoms with Gasteiger partial charge in [-0.05, 0) is 36.8 Å². The van der Waals surface area contributed by atoms with Crippen molar-refractivity contribution >= 4 is 23.4 Å². The van der Waals surface area contributed by atoms with Gasteiger partial charge in [-0.3, -0.25) is 14.4 Å². The van der Waals surface area contributed by atoms with Crippen molar-refractivity contribution in [1.82, 2.24) is 10.6 Å². The van der Waals surface area contributed by atoms with Crippen molar-refractivity contribution in [2.75, 3.05) is 25.0 Å². The number of unbranched alkanes of at least 4 members (excludes halogenated alkanes) is 1. The van der Waals surface area contributed by atoms with Crippen LogP contribution in [0.5, 0.6) is 5.75 Å². The maximum atomic E-state index is 13.4. The van der Waals surface area contributed by atoms with Crippen molar-refractivity contribution in [1.29, 1.82) is 0 Å². The second-order valence-electron chi connectivity index (χ2n) is 10.3. The standard InChI is InChI=1S/C26H42N4O5/c1-6-7-12-29-24(33)17(2)13-20(31)18(27)14-26(3,4)15-23(32)30-16-22(25(34)28-5)35-21-11-9-8-10-19(21)30/h8-11,17-18,20,22,31H,6-7,12-16,27H2,1-5H3,(H,28,34)(H,29,33)/t17-,18+,20+,22-/m1/s1. The van der Waals surface area contributed by atoms with Crippen LogP contribution in [-0.4, -0.2) is 61.2 Å². The van der Waals surface area contributed by atoms with E-state index >= 15 is 0 Å². The lowest BCUT2D eigenvalue weighted by atomic mass is 9.80. The molecule has 0 saturated heterocycles. The molecule has 0 bridgehead atoms. The van der Waals surface area contributed by atoms with Crippen LogP contribution in [-0.2, 0) is 14.4 Å². The van der Waals surface area contributed by atoms with Gasteiger partial charge >= 0.3 is 0 Å². The molecule has 1 heterocycles. The van der Waals surface area contributed by atoms with Crippen LogP contribution in [0, 0.1) is 11.3 Å². The van der Waals surface area contributed by atoms with Crippen molar-refractivity contribution in [3.05, 3.63) is 24.3 Å². The first-order chi connectivity index (χ1) is 16.5. The number of fused-ring (bicyclic) bond motifs is 1. The molecule has 1 aliphatic rings. The van der Waals surface area contributed by atoms with E-state index in [-0.39, 0.29) is 43.0 Å². The number of nitrogens with one attached hydrogen (secondary N) is 2. The van der Waals surface area contributed by atoms with Gasteiger partial charge in [0.05, 0.1) is 18.3 Å². The summed E-state index contributed by atoms with van der Waals surface area (Å²) < 4.78 is 5.79. The topological polar surface area (TPSA) is 134 Å². The minimum absolute atomic E-state index is 0.0872. The predicted octanol–water partition coefficient (Wildman–Crippen LogP) is 1.96. The number of carbonyl (C=O) groups is 3. The molecule has 0 radical (unpaired) electrons. The Labute approximate surface area is 208 Å². The highest BCUT2D eigenvalue weighted by molar-refractivity contribution is 5.97. The van der Waals surface area contributed by atoms with E-state index in [1.165, 1.54) is 7.05 Å². The number of likely N-dealkylation sites (N-methyl/N-ethyl adjacent to an activating group) is 1. The normalized spacial score (nSPS) is 18.0. The zero-order valence-electron chi connectivity index (χ0n) is 21.7. The number of ether oxygens (including phenoxy) is 1. The number of anilines is 1. The molecule has 0 fully saturated rings. The molecule has 0 spiro atoms. The fourth-order valence-electron chi connectivity index (χ4n) is 4.33. The summed E-state index contributed by atoms with van der Waals surface area (Å²) in [6, 6.07) is 6.56. The van der Waals surface area contributed by atoms with E-state index in [2.05, 4.69) is 17.6 Å². The fraction of sp³-hybridized carbons (Fsp3) is 0.654. The molecule has 5 N–H and O–H groups in total. The molecule has 0 saturated carbocycles. The lowest BCUT2D eigenvalue weighted by Crippen LogP contribution is -2.51. The molecule has 0 aromatic heterocycles. The molecule has 2 rings (SSSR count). The molecular weight excluding hydrogens is 448 g/mol. The van der Waals surface area contributed by atoms with Crippen molar-refractivity contribution in [2.24, 2.45) is 17.1 Å². The number of hydrogen-bond acceptors (Lipinski definition) is 6. The summed E-state index contributed by atoms with van der Waals surface area (Å²) >= 11 is 0. The summed E-state index contributed by atoms with van der Waals surface area (Å²) in [6.07, 6.45) is 1.09. The Morgan fingerprint density at radius 3 is 2.63 bits per heavy atom. The molecular formula is C26H42N4O5. The minimum atomic E-state index is -0.863. The van der Waals surface area contributed by atoms with Crippen LogP contribution in [0.2, 0.25) is 0 Å². The van der Waals surface area contributed by atoms with Gasteiger partial charge in [0.15, 0.2) is 6.10 Å². The van der Waals surface area contributed by atoms with Crippen molar-refractivity contribution in [3.8, 4) is 5.75 Å². The average molecular weight is 491 g/mol. The van der Waals surface area contributed by atoms with Gasteiger partial charge in [-0.15, -0.1) is 0 Å². The lowest BCUT2D eigenvalue weighted by molar-refractivity contribution is -0.128. The maximum absolute atomic E-state index is 13.4. The summed E-state index contributed by atoms with van der Waals surface area (Å²) in [5.74, 6) is -0.406. The second kappa shape index (κ2) is 12.9. The zero-order valence-corrected chi connectivity index (χ0v) is 21.7. The molecule has 196 valence electrons. The highest BCUT2D eigenvalue weighted by Crippen LogP contribution is 2.36. The van der Waals surface area contributed by atoms with Crippen LogP contribution in [0.15, 0.2) is 24.3 Å². The van der Waals surface area contributed by atoms with Gasteiger partial charge in [-0.2, -0.15) is 0 Å². The van der Waals surface area contributed by atoms with E-state index in [9.17, 15) is 19.5 Å². The molecule has 4 atom stereocenters. The third kappa shape index (κ3) is 8.21. The van der Waals surface area contributed by atoms with E-state index in [0.717, 1.165) is 12.8 Å². The van der Waals surface area contributed by atoms with Gasteiger partial charge in [-0.1, -0.05) is 46.2 Å². The lowest BCUT2D eigenvalue weighted by Gasteiger charge is -2.37. The molecule has 9 heteroatoms. The largest absolute Gasteiger partial charge is 0.477 e. The Kier molecular flexibility index (Phi) is 10.5. The highest BCUT2D eigenvalue weighted by atomic mass is 16.5. The molecule has 1 aromatic carbocycles. The number of para-hydroxylation sites is 2. The van der Waals surface area contributed by atoms with E-state index < -0.39 is 23.7 Å². The highest BCUT2D eigenvalue weighted by Gasteiger charge is 2.36. The number of rotatable bonds is 12. The Balaban J connectivity index is 1.99. The van der Waals surface area contributed by atoms with Gasteiger partial charge in [0.2, 0.25) is 11.8 Å². The number of benzene rings is 1. The summed E-state index contributed by atoms with van der Waals surface area (Å²) in [7, 11) is 1.53. The number of aliphatic hydroxyl groups excluding tert-OH is 1. The second-order valence-corrected chi connectivity index (χ2v) is 10.3. The monoisotopic (exact) mass is 490 g/mol. The molecule has 1 aromatic rings. The Hall–Kier alpha value is -2.65. The first kappa shape index (κ1) is 28.6. The summed E-state index contributed by atoms with van der Waals surface area (Å²) in [5, 5.41) is 16.1. The Morgan fingerprint density at radius 2 is 1.97 bits per heavy atom. The van der Waals surface area contributed by atoms with Crippen LogP contribution < -0.4 is 26.0 Å². The van der Waals surface area contributed by atoms with E-state index in [4.69, 9.17) is 10.5 Å². The number of nitrogens with zero attached hydrogens (tertiary/aromatic N) is 1. The smallest absolute Gasteiger partial charge is 0.262 e. The number of carbonyl (C=O) groups excluding carboxylic acids is 3. The van der Waals surface area contributed by atoms with Gasteiger partial charge in [-0.25, -0.2) is 0 Å². The molecule has 1 aliphatic heterocycles. The number of hydrogen-bond donors (Lipinski definition) is 4. The third-order valence-corrected chi connectivity index (χ3v) is 6.40. The van der Waals surface area contributed by atoms with Crippen molar-refractivity contribution in [3.63, 3.8) is 0 Å².